The Labute approximate surface area is 156 Å². The Morgan fingerprint density at radius 2 is 2.00 bits per heavy atom. The average Bonchev–Trinajstić information content (AvgIpc) is 3.03. The van der Waals surface area contributed by atoms with Crippen molar-refractivity contribution < 1.29 is 9.13 Å². The van der Waals surface area contributed by atoms with Crippen LogP contribution in [0.4, 0.5) is 15.9 Å². The monoisotopic (exact) mass is 370 g/mol. The van der Waals surface area contributed by atoms with Crippen LogP contribution in [0.3, 0.4) is 0 Å². The fraction of sp³-hybridized carbons (Fsp3) is 0.158. The van der Waals surface area contributed by atoms with E-state index in [-0.39, 0.29) is 5.82 Å². The fourth-order valence-corrected chi connectivity index (χ4v) is 2.67. The molecule has 0 amide bonds. The zero-order valence-electron chi connectivity index (χ0n) is 14.3. The molecule has 1 heterocycles. The standard InChI is InChI=1S/C19H19FN4OS/c1-2-25-17-9-4-3-8-16(17)21-19(26)22-18-10-11-24(23-18)13-14-6-5-7-15(20)12-14/h3-12H,2,13H2,1H3,(H2,21,22,23,26). The lowest BCUT2D eigenvalue weighted by Gasteiger charge is -2.13. The average molecular weight is 370 g/mol. The highest BCUT2D eigenvalue weighted by Crippen LogP contribution is 2.23. The van der Waals surface area contributed by atoms with E-state index < -0.39 is 0 Å². The molecule has 2 aromatic carbocycles. The summed E-state index contributed by atoms with van der Waals surface area (Å²) in [5, 5.41) is 11.0. The Kier molecular flexibility index (Phi) is 5.80. The summed E-state index contributed by atoms with van der Waals surface area (Å²) in [4.78, 5) is 0. The first-order valence-electron chi connectivity index (χ1n) is 8.22. The van der Waals surface area contributed by atoms with Crippen molar-refractivity contribution in [3.8, 4) is 5.75 Å². The summed E-state index contributed by atoms with van der Waals surface area (Å²) in [6.07, 6.45) is 1.81. The summed E-state index contributed by atoms with van der Waals surface area (Å²) in [6, 6.07) is 15.8. The highest BCUT2D eigenvalue weighted by atomic mass is 32.1. The van der Waals surface area contributed by atoms with E-state index in [9.17, 15) is 4.39 Å². The highest BCUT2D eigenvalue weighted by molar-refractivity contribution is 7.80. The van der Waals surface area contributed by atoms with Gasteiger partial charge in [-0.3, -0.25) is 4.68 Å². The molecule has 0 atom stereocenters. The molecule has 0 saturated carbocycles. The van der Waals surface area contributed by atoms with E-state index in [2.05, 4.69) is 15.7 Å². The van der Waals surface area contributed by atoms with Gasteiger partial charge < -0.3 is 15.4 Å². The number of nitrogens with one attached hydrogen (secondary N) is 2. The summed E-state index contributed by atoms with van der Waals surface area (Å²) in [7, 11) is 0. The van der Waals surface area contributed by atoms with Gasteiger partial charge in [-0.2, -0.15) is 5.10 Å². The number of aromatic nitrogens is 2. The molecule has 0 bridgehead atoms. The minimum atomic E-state index is -0.258. The van der Waals surface area contributed by atoms with Gasteiger partial charge in [0.25, 0.3) is 0 Å². The molecular formula is C19H19FN4OS. The van der Waals surface area contributed by atoms with Crippen LogP contribution in [0.15, 0.2) is 60.8 Å². The van der Waals surface area contributed by atoms with Crippen LogP contribution >= 0.6 is 12.2 Å². The third kappa shape index (κ3) is 4.80. The van der Waals surface area contributed by atoms with Crippen LogP contribution in [0.5, 0.6) is 5.75 Å². The van der Waals surface area contributed by atoms with Crippen LogP contribution in [0.25, 0.3) is 0 Å². The number of thiocarbonyl (C=S) groups is 1. The molecule has 0 saturated heterocycles. The Morgan fingerprint density at radius 1 is 1.15 bits per heavy atom. The Balaban J connectivity index is 1.61. The van der Waals surface area contributed by atoms with Gasteiger partial charge in [0.05, 0.1) is 18.8 Å². The Hall–Kier alpha value is -2.93. The Bertz CT molecular complexity index is 897. The maximum atomic E-state index is 13.3. The van der Waals surface area contributed by atoms with Crippen LogP contribution in [-0.2, 0) is 6.54 Å². The minimum absolute atomic E-state index is 0.258. The van der Waals surface area contributed by atoms with Crippen LogP contribution < -0.4 is 15.4 Å². The molecule has 0 radical (unpaired) electrons. The third-order valence-corrected chi connectivity index (χ3v) is 3.76. The molecule has 3 aromatic rings. The summed E-state index contributed by atoms with van der Waals surface area (Å²) in [6.45, 7) is 2.98. The van der Waals surface area contributed by atoms with E-state index in [0.29, 0.717) is 24.1 Å². The molecule has 7 heteroatoms. The van der Waals surface area contributed by atoms with Crippen molar-refractivity contribution in [2.45, 2.75) is 13.5 Å². The van der Waals surface area contributed by atoms with Crippen molar-refractivity contribution in [2.24, 2.45) is 0 Å². The lowest BCUT2D eigenvalue weighted by molar-refractivity contribution is 0.342. The van der Waals surface area contributed by atoms with Gasteiger partial charge in [0.15, 0.2) is 10.9 Å². The molecule has 26 heavy (non-hydrogen) atoms. The maximum absolute atomic E-state index is 13.3. The smallest absolute Gasteiger partial charge is 0.176 e. The molecule has 0 aliphatic rings. The topological polar surface area (TPSA) is 51.1 Å². The van der Waals surface area contributed by atoms with Gasteiger partial charge in [-0.15, -0.1) is 0 Å². The summed E-state index contributed by atoms with van der Waals surface area (Å²) in [5.74, 6) is 1.08. The fourth-order valence-electron chi connectivity index (χ4n) is 2.46. The summed E-state index contributed by atoms with van der Waals surface area (Å²) >= 11 is 5.34. The van der Waals surface area contributed by atoms with Gasteiger partial charge in [-0.1, -0.05) is 24.3 Å². The zero-order chi connectivity index (χ0) is 18.4. The first kappa shape index (κ1) is 17.9. The van der Waals surface area contributed by atoms with Gasteiger partial charge in [0.2, 0.25) is 0 Å². The van der Waals surface area contributed by atoms with Crippen LogP contribution in [0.1, 0.15) is 12.5 Å². The van der Waals surface area contributed by atoms with Crippen molar-refractivity contribution in [1.29, 1.82) is 0 Å². The lowest BCUT2D eigenvalue weighted by atomic mass is 10.2. The molecular weight excluding hydrogens is 351 g/mol. The summed E-state index contributed by atoms with van der Waals surface area (Å²) < 4.78 is 20.5. The van der Waals surface area contributed by atoms with Crippen LogP contribution in [-0.4, -0.2) is 21.5 Å². The molecule has 0 unspecified atom stereocenters. The third-order valence-electron chi connectivity index (χ3n) is 3.55. The molecule has 3 rings (SSSR count). The number of anilines is 2. The van der Waals surface area contributed by atoms with E-state index in [1.165, 1.54) is 12.1 Å². The SMILES string of the molecule is CCOc1ccccc1NC(=S)Nc1ccn(Cc2cccc(F)c2)n1. The van der Waals surface area contributed by atoms with Gasteiger partial charge in [-0.05, 0) is 49.0 Å². The van der Waals surface area contributed by atoms with Crippen molar-refractivity contribution in [3.63, 3.8) is 0 Å². The second-order valence-corrected chi connectivity index (χ2v) is 5.95. The maximum Gasteiger partial charge on any atom is 0.176 e. The van der Waals surface area contributed by atoms with Crippen LogP contribution in [0.2, 0.25) is 0 Å². The first-order valence-corrected chi connectivity index (χ1v) is 8.62. The van der Waals surface area contributed by atoms with E-state index in [1.807, 2.05) is 49.5 Å². The van der Waals surface area contributed by atoms with Crippen LogP contribution in [0, 0.1) is 5.82 Å². The molecule has 0 fully saturated rings. The molecule has 5 nitrogen and oxygen atoms in total. The number of hydrogen-bond acceptors (Lipinski definition) is 3. The second kappa shape index (κ2) is 8.44. The van der Waals surface area contributed by atoms with E-state index >= 15 is 0 Å². The highest BCUT2D eigenvalue weighted by Gasteiger charge is 2.07. The van der Waals surface area contributed by atoms with Gasteiger partial charge in [0, 0.05) is 12.3 Å². The van der Waals surface area contributed by atoms with Gasteiger partial charge in [0.1, 0.15) is 11.6 Å². The predicted molar refractivity (Wildman–Crippen MR) is 105 cm³/mol. The molecule has 2 N–H and O–H groups in total. The quantitative estimate of drug-likeness (QED) is 0.635. The van der Waals surface area contributed by atoms with Gasteiger partial charge in [-0.25, -0.2) is 4.39 Å². The van der Waals surface area contributed by atoms with E-state index in [4.69, 9.17) is 17.0 Å². The largest absolute Gasteiger partial charge is 0.492 e. The Morgan fingerprint density at radius 3 is 2.81 bits per heavy atom. The second-order valence-electron chi connectivity index (χ2n) is 5.54. The molecule has 1 aromatic heterocycles. The van der Waals surface area contributed by atoms with E-state index in [1.54, 1.807) is 10.7 Å². The lowest BCUT2D eigenvalue weighted by Crippen LogP contribution is -2.20. The van der Waals surface area contributed by atoms with E-state index in [0.717, 1.165) is 17.0 Å². The van der Waals surface area contributed by atoms with Crippen molar-refractivity contribution in [2.75, 3.05) is 17.2 Å². The molecule has 0 aliphatic heterocycles. The molecule has 134 valence electrons. The number of ether oxygens (including phenoxy) is 1. The van der Waals surface area contributed by atoms with Gasteiger partial charge >= 0.3 is 0 Å². The predicted octanol–water partition coefficient (Wildman–Crippen LogP) is 4.28. The molecule has 0 spiro atoms. The number of benzene rings is 2. The number of rotatable bonds is 6. The number of nitrogens with zero attached hydrogens (tertiary/aromatic N) is 2. The van der Waals surface area contributed by atoms with Crippen molar-refractivity contribution >= 4 is 28.8 Å². The zero-order valence-corrected chi connectivity index (χ0v) is 15.1. The normalized spacial score (nSPS) is 10.4. The first-order chi connectivity index (χ1) is 12.6. The number of para-hydroxylation sites is 2. The number of halogens is 1. The minimum Gasteiger partial charge on any atom is -0.492 e. The summed E-state index contributed by atoms with van der Waals surface area (Å²) in [5.41, 5.74) is 1.62. The molecule has 0 aliphatic carbocycles. The van der Waals surface area contributed by atoms with Crippen molar-refractivity contribution in [1.82, 2.24) is 9.78 Å². The van der Waals surface area contributed by atoms with Crippen molar-refractivity contribution in [3.05, 3.63) is 72.2 Å². The number of hydrogen-bond donors (Lipinski definition) is 2.